The highest BCUT2D eigenvalue weighted by Gasteiger charge is 2.25. The van der Waals surface area contributed by atoms with Gasteiger partial charge in [0.2, 0.25) is 5.78 Å². The number of ketones is 1. The lowest BCUT2D eigenvalue weighted by molar-refractivity contribution is 0.0516. The predicted molar refractivity (Wildman–Crippen MR) is 103 cm³/mol. The van der Waals surface area contributed by atoms with Crippen LogP contribution in [0.15, 0.2) is 71.3 Å². The van der Waals surface area contributed by atoms with Gasteiger partial charge in [-0.15, -0.1) is 0 Å². The minimum atomic E-state index is -0.679. The van der Waals surface area contributed by atoms with Crippen LogP contribution in [-0.2, 0) is 4.74 Å². The number of para-hydroxylation sites is 1. The summed E-state index contributed by atoms with van der Waals surface area (Å²) in [5.41, 5.74) is 1.28. The Balaban J connectivity index is 1.80. The summed E-state index contributed by atoms with van der Waals surface area (Å²) in [7, 11) is 0. The third-order valence-electron chi connectivity index (χ3n) is 4.18. The molecular formula is C22H16N2O4. The Morgan fingerprint density at radius 3 is 2.54 bits per heavy atom. The first-order chi connectivity index (χ1) is 13.7. The third kappa shape index (κ3) is 3.27. The lowest BCUT2D eigenvalue weighted by atomic mass is 10.1. The van der Waals surface area contributed by atoms with Crippen molar-refractivity contribution in [2.75, 3.05) is 6.61 Å². The smallest absolute Gasteiger partial charge is 0.357 e. The largest absolute Gasteiger partial charge is 0.461 e. The summed E-state index contributed by atoms with van der Waals surface area (Å²) in [5.74, 6) is -0.701. The summed E-state index contributed by atoms with van der Waals surface area (Å²) >= 11 is 0. The van der Waals surface area contributed by atoms with Crippen molar-refractivity contribution in [3.8, 4) is 11.4 Å². The van der Waals surface area contributed by atoms with E-state index in [1.165, 1.54) is 6.20 Å². The van der Waals surface area contributed by atoms with Crippen LogP contribution in [0, 0.1) is 0 Å². The van der Waals surface area contributed by atoms with Crippen LogP contribution in [0.4, 0.5) is 0 Å². The molecule has 0 spiro atoms. The van der Waals surface area contributed by atoms with Gasteiger partial charge < -0.3 is 9.15 Å². The summed E-state index contributed by atoms with van der Waals surface area (Å²) in [6, 6.07) is 18.1. The molecule has 0 radical (unpaired) electrons. The molecule has 6 nitrogen and oxygen atoms in total. The Kier molecular flexibility index (Phi) is 4.68. The molecule has 0 fully saturated rings. The van der Waals surface area contributed by atoms with Crippen LogP contribution in [-0.4, -0.2) is 28.3 Å². The van der Waals surface area contributed by atoms with E-state index in [0.29, 0.717) is 11.4 Å². The molecule has 0 N–H and O–H groups in total. The van der Waals surface area contributed by atoms with Crippen molar-refractivity contribution in [3.63, 3.8) is 0 Å². The summed E-state index contributed by atoms with van der Waals surface area (Å²) in [4.78, 5) is 34.1. The number of hydrogen-bond donors (Lipinski definition) is 0. The van der Waals surface area contributed by atoms with Gasteiger partial charge in [-0.3, -0.25) is 4.79 Å². The Bertz CT molecular complexity index is 1130. The zero-order valence-corrected chi connectivity index (χ0v) is 15.1. The summed E-state index contributed by atoms with van der Waals surface area (Å²) in [6.45, 7) is 1.86. The first-order valence-corrected chi connectivity index (χ1v) is 8.80. The predicted octanol–water partition coefficient (Wildman–Crippen LogP) is 4.30. The molecular weight excluding hydrogens is 356 g/mol. The van der Waals surface area contributed by atoms with E-state index in [1.54, 1.807) is 19.1 Å². The fourth-order valence-electron chi connectivity index (χ4n) is 2.86. The van der Waals surface area contributed by atoms with E-state index in [2.05, 4.69) is 9.97 Å². The summed E-state index contributed by atoms with van der Waals surface area (Å²) in [5, 5.41) is 0.797. The maximum absolute atomic E-state index is 13.0. The molecule has 4 aromatic rings. The molecule has 0 saturated heterocycles. The van der Waals surface area contributed by atoms with E-state index in [0.717, 1.165) is 10.9 Å². The third-order valence-corrected chi connectivity index (χ3v) is 4.18. The van der Waals surface area contributed by atoms with E-state index in [-0.39, 0.29) is 23.6 Å². The molecule has 28 heavy (non-hydrogen) atoms. The van der Waals surface area contributed by atoms with Crippen molar-refractivity contribution in [3.05, 3.63) is 83.9 Å². The van der Waals surface area contributed by atoms with Crippen LogP contribution >= 0.6 is 0 Å². The van der Waals surface area contributed by atoms with Crippen LogP contribution < -0.4 is 0 Å². The molecule has 0 aliphatic rings. The standard InChI is InChI=1S/C22H16N2O4/c1-2-27-22(26)19-16(13-23-21(24-19)14-8-4-3-5-9-14)20(25)18-12-15-10-6-7-11-17(15)28-18/h3-13H,2H2,1H3. The van der Waals surface area contributed by atoms with Crippen LogP contribution in [0.1, 0.15) is 33.5 Å². The second-order valence-corrected chi connectivity index (χ2v) is 6.02. The second-order valence-electron chi connectivity index (χ2n) is 6.02. The van der Waals surface area contributed by atoms with Gasteiger partial charge in [-0.2, -0.15) is 0 Å². The van der Waals surface area contributed by atoms with Gasteiger partial charge in [-0.25, -0.2) is 14.8 Å². The zero-order chi connectivity index (χ0) is 19.5. The average Bonchev–Trinajstić information content (AvgIpc) is 3.18. The Labute approximate surface area is 160 Å². The van der Waals surface area contributed by atoms with Crippen LogP contribution in [0.25, 0.3) is 22.4 Å². The Morgan fingerprint density at radius 2 is 1.79 bits per heavy atom. The number of esters is 1. The average molecular weight is 372 g/mol. The zero-order valence-electron chi connectivity index (χ0n) is 15.1. The lowest BCUT2D eigenvalue weighted by Crippen LogP contribution is -2.16. The molecule has 0 aliphatic carbocycles. The van der Waals surface area contributed by atoms with Crippen LogP contribution in [0.2, 0.25) is 0 Å². The first-order valence-electron chi connectivity index (χ1n) is 8.80. The quantitative estimate of drug-likeness (QED) is 0.384. The topological polar surface area (TPSA) is 82.3 Å². The normalized spacial score (nSPS) is 10.8. The van der Waals surface area contributed by atoms with Crippen molar-refractivity contribution in [1.29, 1.82) is 0 Å². The van der Waals surface area contributed by atoms with Gasteiger partial charge in [0.05, 0.1) is 12.2 Å². The molecule has 6 heteroatoms. The minimum Gasteiger partial charge on any atom is -0.461 e. The highest BCUT2D eigenvalue weighted by atomic mass is 16.5. The van der Waals surface area contributed by atoms with Gasteiger partial charge in [-0.05, 0) is 19.1 Å². The molecule has 4 rings (SSSR count). The molecule has 2 heterocycles. The van der Waals surface area contributed by atoms with E-state index in [1.807, 2.05) is 48.5 Å². The van der Waals surface area contributed by atoms with Gasteiger partial charge in [-0.1, -0.05) is 48.5 Å². The number of carbonyl (C=O) groups excluding carboxylic acids is 2. The summed E-state index contributed by atoms with van der Waals surface area (Å²) in [6.07, 6.45) is 1.34. The number of rotatable bonds is 5. The van der Waals surface area contributed by atoms with E-state index >= 15 is 0 Å². The minimum absolute atomic E-state index is 0.0391. The van der Waals surface area contributed by atoms with Crippen molar-refractivity contribution >= 4 is 22.7 Å². The monoisotopic (exact) mass is 372 g/mol. The highest BCUT2D eigenvalue weighted by molar-refractivity contribution is 6.13. The summed E-state index contributed by atoms with van der Waals surface area (Å²) < 4.78 is 10.7. The maximum atomic E-state index is 13.0. The van der Waals surface area contributed by atoms with E-state index in [9.17, 15) is 9.59 Å². The molecule has 2 aromatic heterocycles. The van der Waals surface area contributed by atoms with Gasteiger partial charge in [0, 0.05) is 17.1 Å². The molecule has 0 atom stereocenters. The number of furan rings is 1. The number of hydrogen-bond acceptors (Lipinski definition) is 6. The Morgan fingerprint density at radius 1 is 1.04 bits per heavy atom. The van der Waals surface area contributed by atoms with Crippen LogP contribution in [0.5, 0.6) is 0 Å². The van der Waals surface area contributed by atoms with Gasteiger partial charge in [0.1, 0.15) is 5.58 Å². The van der Waals surface area contributed by atoms with Gasteiger partial charge in [0.15, 0.2) is 17.3 Å². The lowest BCUT2D eigenvalue weighted by Gasteiger charge is -2.08. The van der Waals surface area contributed by atoms with E-state index < -0.39 is 11.8 Å². The highest BCUT2D eigenvalue weighted by Crippen LogP contribution is 2.23. The number of nitrogens with zero attached hydrogens (tertiary/aromatic N) is 2. The number of fused-ring (bicyclic) bond motifs is 1. The van der Waals surface area contributed by atoms with Crippen molar-refractivity contribution in [2.24, 2.45) is 0 Å². The van der Waals surface area contributed by atoms with Crippen molar-refractivity contribution < 1.29 is 18.7 Å². The fourth-order valence-corrected chi connectivity index (χ4v) is 2.86. The SMILES string of the molecule is CCOC(=O)c1nc(-c2ccccc2)ncc1C(=O)c1cc2ccccc2o1. The fraction of sp³-hybridized carbons (Fsp3) is 0.0909. The van der Waals surface area contributed by atoms with Crippen LogP contribution in [0.3, 0.4) is 0 Å². The van der Waals surface area contributed by atoms with Gasteiger partial charge >= 0.3 is 5.97 Å². The number of benzene rings is 2. The first kappa shape index (κ1) is 17.6. The number of ether oxygens (including phenoxy) is 1. The number of carbonyl (C=O) groups is 2. The second kappa shape index (κ2) is 7.44. The van der Waals surface area contributed by atoms with Gasteiger partial charge in [0.25, 0.3) is 0 Å². The van der Waals surface area contributed by atoms with Crippen molar-refractivity contribution in [1.82, 2.24) is 9.97 Å². The van der Waals surface area contributed by atoms with E-state index in [4.69, 9.17) is 9.15 Å². The Hall–Kier alpha value is -3.80. The molecule has 0 saturated carbocycles. The maximum Gasteiger partial charge on any atom is 0.357 e. The molecule has 0 bridgehead atoms. The number of aromatic nitrogens is 2. The molecule has 0 unspecified atom stereocenters. The molecule has 2 aromatic carbocycles. The molecule has 138 valence electrons. The van der Waals surface area contributed by atoms with Crippen molar-refractivity contribution in [2.45, 2.75) is 6.92 Å². The molecule has 0 aliphatic heterocycles. The molecule has 0 amide bonds.